The lowest BCUT2D eigenvalue weighted by molar-refractivity contribution is -0.0679. The largest absolute Gasteiger partial charge is 0.384 e. The van der Waals surface area contributed by atoms with Crippen molar-refractivity contribution in [2.75, 3.05) is 20.3 Å². The number of hydrogen-bond acceptors (Lipinski definition) is 3. The number of amides is 1. The van der Waals surface area contributed by atoms with Crippen LogP contribution in [0.3, 0.4) is 0 Å². The van der Waals surface area contributed by atoms with E-state index in [2.05, 4.69) is 17.2 Å². The SMILES string of the molecule is COC1(CNC(=O)c2cccc(C#CCO)c2)CCC1. The van der Waals surface area contributed by atoms with Crippen molar-refractivity contribution < 1.29 is 14.6 Å². The van der Waals surface area contributed by atoms with Gasteiger partial charge in [-0.15, -0.1) is 0 Å². The lowest BCUT2D eigenvalue weighted by Crippen LogP contribution is -2.49. The zero-order valence-electron chi connectivity index (χ0n) is 11.6. The van der Waals surface area contributed by atoms with Crippen LogP contribution in [0.4, 0.5) is 0 Å². The Bertz CT molecular complexity index is 533. The topological polar surface area (TPSA) is 58.6 Å². The van der Waals surface area contributed by atoms with Crippen LogP contribution in [0, 0.1) is 11.8 Å². The van der Waals surface area contributed by atoms with Crippen LogP contribution in [0.2, 0.25) is 0 Å². The summed E-state index contributed by atoms with van der Waals surface area (Å²) in [6.45, 7) is 0.349. The van der Waals surface area contributed by atoms with Gasteiger partial charge in [-0.1, -0.05) is 17.9 Å². The predicted molar refractivity (Wildman–Crippen MR) is 76.3 cm³/mol. The molecular formula is C16H19NO3. The first-order valence-corrected chi connectivity index (χ1v) is 6.72. The van der Waals surface area contributed by atoms with Crippen LogP contribution in [0.15, 0.2) is 24.3 Å². The fourth-order valence-electron chi connectivity index (χ4n) is 2.25. The summed E-state index contributed by atoms with van der Waals surface area (Å²) in [6.07, 6.45) is 3.13. The van der Waals surface area contributed by atoms with E-state index in [1.807, 2.05) is 6.07 Å². The van der Waals surface area contributed by atoms with Crippen LogP contribution in [0.1, 0.15) is 35.2 Å². The van der Waals surface area contributed by atoms with Crippen LogP contribution >= 0.6 is 0 Å². The van der Waals surface area contributed by atoms with E-state index in [0.29, 0.717) is 12.1 Å². The molecule has 0 aromatic heterocycles. The molecule has 0 unspecified atom stereocenters. The summed E-state index contributed by atoms with van der Waals surface area (Å²) in [6, 6.07) is 7.06. The Labute approximate surface area is 119 Å². The highest BCUT2D eigenvalue weighted by Gasteiger charge is 2.37. The molecule has 0 heterocycles. The van der Waals surface area contributed by atoms with Crippen molar-refractivity contribution in [1.29, 1.82) is 0 Å². The number of aliphatic hydroxyl groups is 1. The number of carbonyl (C=O) groups excluding carboxylic acids is 1. The van der Waals surface area contributed by atoms with Gasteiger partial charge in [-0.3, -0.25) is 4.79 Å². The molecule has 106 valence electrons. The first-order valence-electron chi connectivity index (χ1n) is 6.72. The van der Waals surface area contributed by atoms with Gasteiger partial charge >= 0.3 is 0 Å². The highest BCUT2D eigenvalue weighted by molar-refractivity contribution is 5.94. The number of aliphatic hydroxyl groups excluding tert-OH is 1. The Hall–Kier alpha value is -1.83. The molecule has 0 bridgehead atoms. The highest BCUT2D eigenvalue weighted by Crippen LogP contribution is 2.34. The molecule has 0 atom stereocenters. The van der Waals surface area contributed by atoms with Gasteiger partial charge in [0.1, 0.15) is 6.61 Å². The minimum atomic E-state index is -0.188. The molecular weight excluding hydrogens is 254 g/mol. The van der Waals surface area contributed by atoms with E-state index in [0.717, 1.165) is 24.8 Å². The number of hydrogen-bond donors (Lipinski definition) is 2. The third kappa shape index (κ3) is 3.38. The molecule has 1 amide bonds. The van der Waals surface area contributed by atoms with Gasteiger partial charge in [0.15, 0.2) is 0 Å². The number of rotatable bonds is 4. The molecule has 1 aliphatic rings. The Morgan fingerprint density at radius 1 is 1.50 bits per heavy atom. The number of benzene rings is 1. The summed E-state index contributed by atoms with van der Waals surface area (Å²) in [4.78, 5) is 12.1. The number of nitrogens with one attached hydrogen (secondary N) is 1. The number of methoxy groups -OCH3 is 1. The Kier molecular flexibility index (Phi) is 4.78. The second kappa shape index (κ2) is 6.56. The molecule has 1 aliphatic carbocycles. The van der Waals surface area contributed by atoms with Gasteiger partial charge in [0.05, 0.1) is 5.60 Å². The molecule has 0 radical (unpaired) electrons. The summed E-state index contributed by atoms with van der Waals surface area (Å²) < 4.78 is 5.47. The Balaban J connectivity index is 1.98. The van der Waals surface area contributed by atoms with E-state index in [1.165, 1.54) is 0 Å². The van der Waals surface area contributed by atoms with E-state index in [1.54, 1.807) is 25.3 Å². The summed E-state index contributed by atoms with van der Waals surface area (Å²) in [7, 11) is 1.69. The fourth-order valence-corrected chi connectivity index (χ4v) is 2.25. The Morgan fingerprint density at radius 3 is 2.90 bits per heavy atom. The summed E-state index contributed by atoms with van der Waals surface area (Å²) in [5.41, 5.74) is 1.11. The van der Waals surface area contributed by atoms with Crippen LogP contribution in [0.25, 0.3) is 0 Å². The van der Waals surface area contributed by atoms with Crippen molar-refractivity contribution in [1.82, 2.24) is 5.32 Å². The lowest BCUT2D eigenvalue weighted by Gasteiger charge is -2.40. The van der Waals surface area contributed by atoms with Gasteiger partial charge in [-0.25, -0.2) is 0 Å². The van der Waals surface area contributed by atoms with Crippen molar-refractivity contribution in [3.63, 3.8) is 0 Å². The molecule has 1 fully saturated rings. The molecule has 2 N–H and O–H groups in total. The van der Waals surface area contributed by atoms with Gasteiger partial charge in [0, 0.05) is 24.8 Å². The second-order valence-electron chi connectivity index (χ2n) is 4.96. The van der Waals surface area contributed by atoms with Crippen LogP contribution in [0.5, 0.6) is 0 Å². The molecule has 2 rings (SSSR count). The molecule has 1 aromatic rings. The van der Waals surface area contributed by atoms with Crippen LogP contribution in [-0.2, 0) is 4.74 Å². The van der Waals surface area contributed by atoms with Crippen molar-refractivity contribution in [3.05, 3.63) is 35.4 Å². The highest BCUT2D eigenvalue weighted by atomic mass is 16.5. The first kappa shape index (κ1) is 14.6. The molecule has 0 spiro atoms. The summed E-state index contributed by atoms with van der Waals surface area (Å²) in [5, 5.41) is 11.6. The maximum absolute atomic E-state index is 12.1. The zero-order valence-corrected chi connectivity index (χ0v) is 11.6. The van der Waals surface area contributed by atoms with E-state index in [-0.39, 0.29) is 18.1 Å². The second-order valence-corrected chi connectivity index (χ2v) is 4.96. The molecule has 1 aromatic carbocycles. The third-order valence-electron chi connectivity index (χ3n) is 3.71. The van der Waals surface area contributed by atoms with E-state index in [4.69, 9.17) is 9.84 Å². The van der Waals surface area contributed by atoms with Gasteiger partial charge < -0.3 is 15.2 Å². The molecule has 0 saturated heterocycles. The molecule has 0 aliphatic heterocycles. The number of ether oxygens (including phenoxy) is 1. The van der Waals surface area contributed by atoms with Crippen LogP contribution in [-0.4, -0.2) is 36.9 Å². The standard InChI is InChI=1S/C16H19NO3/c1-20-16(8-4-9-16)12-17-15(19)14-7-2-5-13(11-14)6-3-10-18/h2,5,7,11,18H,4,8-10,12H2,1H3,(H,17,19). The van der Waals surface area contributed by atoms with Crippen molar-refractivity contribution in [3.8, 4) is 11.8 Å². The minimum Gasteiger partial charge on any atom is -0.384 e. The van der Waals surface area contributed by atoms with Crippen molar-refractivity contribution in [2.45, 2.75) is 24.9 Å². The van der Waals surface area contributed by atoms with Crippen molar-refractivity contribution in [2.24, 2.45) is 0 Å². The smallest absolute Gasteiger partial charge is 0.251 e. The van der Waals surface area contributed by atoms with Crippen molar-refractivity contribution >= 4 is 5.91 Å². The van der Waals surface area contributed by atoms with Gasteiger partial charge in [-0.05, 0) is 37.5 Å². The normalized spacial score (nSPS) is 15.7. The molecule has 20 heavy (non-hydrogen) atoms. The fraction of sp³-hybridized carbons (Fsp3) is 0.438. The quantitative estimate of drug-likeness (QED) is 0.814. The lowest BCUT2D eigenvalue weighted by atomic mass is 9.80. The van der Waals surface area contributed by atoms with E-state index < -0.39 is 0 Å². The summed E-state index contributed by atoms with van der Waals surface area (Å²) >= 11 is 0. The summed E-state index contributed by atoms with van der Waals surface area (Å²) in [5.74, 6) is 5.23. The molecule has 4 nitrogen and oxygen atoms in total. The van der Waals surface area contributed by atoms with E-state index >= 15 is 0 Å². The maximum atomic E-state index is 12.1. The maximum Gasteiger partial charge on any atom is 0.251 e. The average molecular weight is 273 g/mol. The Morgan fingerprint density at radius 2 is 2.30 bits per heavy atom. The molecule has 4 heteroatoms. The van der Waals surface area contributed by atoms with Gasteiger partial charge in [-0.2, -0.15) is 0 Å². The zero-order chi connectivity index (χ0) is 14.4. The minimum absolute atomic E-state index is 0.124. The number of carbonyl (C=O) groups is 1. The van der Waals surface area contributed by atoms with Gasteiger partial charge in [0.2, 0.25) is 0 Å². The first-order chi connectivity index (χ1) is 9.69. The third-order valence-corrected chi connectivity index (χ3v) is 3.71. The van der Waals surface area contributed by atoms with E-state index in [9.17, 15) is 4.79 Å². The average Bonchev–Trinajstić information content (AvgIpc) is 2.44. The predicted octanol–water partition coefficient (Wildman–Crippen LogP) is 1.33. The van der Waals surface area contributed by atoms with Crippen LogP contribution < -0.4 is 5.32 Å². The van der Waals surface area contributed by atoms with Gasteiger partial charge in [0.25, 0.3) is 5.91 Å². The monoisotopic (exact) mass is 273 g/mol. The molecule has 1 saturated carbocycles.